The number of para-hydroxylation sites is 1. The second kappa shape index (κ2) is 5.32. The third-order valence-corrected chi connectivity index (χ3v) is 4.78. The first-order valence-electron chi connectivity index (χ1n) is 7.85. The third-order valence-electron chi connectivity index (χ3n) is 4.47. The van der Waals surface area contributed by atoms with Gasteiger partial charge < -0.3 is 4.57 Å². The number of pyridine rings is 1. The van der Waals surface area contributed by atoms with Crippen molar-refractivity contribution in [2.75, 3.05) is 0 Å². The highest BCUT2D eigenvalue weighted by atomic mass is 32.1. The monoisotopic (exact) mass is 310 g/mol. The summed E-state index contributed by atoms with van der Waals surface area (Å²) in [4.78, 5) is 4.89. The zero-order chi connectivity index (χ0) is 15.1. The van der Waals surface area contributed by atoms with Crippen LogP contribution < -0.4 is 0 Å². The zero-order valence-corrected chi connectivity index (χ0v) is 13.4. The van der Waals surface area contributed by atoms with Crippen LogP contribution in [-0.2, 0) is 19.4 Å². The molecule has 4 nitrogen and oxygen atoms in total. The van der Waals surface area contributed by atoms with Gasteiger partial charge in [-0.1, -0.05) is 18.2 Å². The molecule has 0 atom stereocenters. The highest BCUT2D eigenvalue weighted by Crippen LogP contribution is 2.35. The van der Waals surface area contributed by atoms with Gasteiger partial charge in [-0.05, 0) is 56.5 Å². The lowest BCUT2D eigenvalue weighted by Gasteiger charge is -2.20. The molecule has 5 heteroatoms. The molecule has 3 aromatic rings. The van der Waals surface area contributed by atoms with Gasteiger partial charge in [0.25, 0.3) is 0 Å². The maximum Gasteiger partial charge on any atom is 0.195 e. The van der Waals surface area contributed by atoms with Crippen molar-refractivity contribution in [3.63, 3.8) is 0 Å². The predicted molar refractivity (Wildman–Crippen MR) is 90.5 cm³/mol. The third kappa shape index (κ3) is 2.00. The van der Waals surface area contributed by atoms with E-state index in [1.165, 1.54) is 35.0 Å². The van der Waals surface area contributed by atoms with Crippen LogP contribution >= 0.6 is 12.2 Å². The quantitative estimate of drug-likeness (QED) is 0.726. The van der Waals surface area contributed by atoms with Crippen molar-refractivity contribution in [3.8, 4) is 11.4 Å². The number of hydrogen-bond acceptors (Lipinski definition) is 3. The first-order valence-corrected chi connectivity index (χ1v) is 8.26. The number of aryl methyl sites for hydroxylation is 1. The van der Waals surface area contributed by atoms with Gasteiger partial charge in [0.2, 0.25) is 0 Å². The predicted octanol–water partition coefficient (Wildman–Crippen LogP) is 4.05. The molecule has 22 heavy (non-hydrogen) atoms. The summed E-state index contributed by atoms with van der Waals surface area (Å²) >= 11 is 5.38. The van der Waals surface area contributed by atoms with Crippen LogP contribution in [0.25, 0.3) is 22.3 Å². The molecule has 0 aliphatic heterocycles. The number of H-pyrrole nitrogens is 1. The molecule has 112 valence electrons. The number of hydrogen-bond donors (Lipinski definition) is 1. The van der Waals surface area contributed by atoms with Crippen molar-refractivity contribution in [1.29, 1.82) is 0 Å². The number of nitrogens with one attached hydrogen (secondary N) is 1. The number of nitrogens with zero attached hydrogens (tertiary/aromatic N) is 3. The van der Waals surface area contributed by atoms with E-state index >= 15 is 0 Å². The number of aromatic amines is 1. The fourth-order valence-corrected chi connectivity index (χ4v) is 3.69. The number of fused-ring (bicyclic) bond motifs is 2. The molecule has 0 unspecified atom stereocenters. The Morgan fingerprint density at radius 2 is 2.05 bits per heavy atom. The van der Waals surface area contributed by atoms with Gasteiger partial charge in [-0.15, -0.1) is 0 Å². The van der Waals surface area contributed by atoms with E-state index in [4.69, 9.17) is 17.2 Å². The van der Waals surface area contributed by atoms with E-state index in [1.807, 2.05) is 6.07 Å². The van der Waals surface area contributed by atoms with Crippen LogP contribution in [0.2, 0.25) is 0 Å². The summed E-state index contributed by atoms with van der Waals surface area (Å²) in [6.07, 6.45) is 4.58. The van der Waals surface area contributed by atoms with Crippen LogP contribution in [0, 0.1) is 4.77 Å². The molecule has 1 aromatic carbocycles. The van der Waals surface area contributed by atoms with Crippen molar-refractivity contribution < 1.29 is 0 Å². The van der Waals surface area contributed by atoms with E-state index in [0.29, 0.717) is 4.77 Å². The van der Waals surface area contributed by atoms with E-state index in [0.717, 1.165) is 30.7 Å². The number of rotatable bonds is 2. The molecule has 0 spiro atoms. The molecule has 0 saturated carbocycles. The van der Waals surface area contributed by atoms with E-state index in [9.17, 15) is 0 Å². The summed E-state index contributed by atoms with van der Waals surface area (Å²) < 4.78 is 2.76. The summed E-state index contributed by atoms with van der Waals surface area (Å²) in [5.41, 5.74) is 4.86. The Kier molecular flexibility index (Phi) is 3.30. The number of aromatic nitrogens is 4. The van der Waals surface area contributed by atoms with Crippen LogP contribution in [0.15, 0.2) is 24.3 Å². The molecular weight excluding hydrogens is 292 g/mol. The molecule has 1 N–H and O–H groups in total. The fraction of sp³-hybridized carbons (Fsp3) is 0.353. The van der Waals surface area contributed by atoms with Crippen molar-refractivity contribution >= 4 is 23.1 Å². The van der Waals surface area contributed by atoms with E-state index in [1.54, 1.807) is 0 Å². The van der Waals surface area contributed by atoms with Gasteiger partial charge in [0.1, 0.15) is 0 Å². The normalized spacial score (nSPS) is 14.2. The molecule has 0 saturated heterocycles. The lowest BCUT2D eigenvalue weighted by Crippen LogP contribution is -2.10. The van der Waals surface area contributed by atoms with Gasteiger partial charge >= 0.3 is 0 Å². The van der Waals surface area contributed by atoms with Crippen LogP contribution in [-0.4, -0.2) is 19.7 Å². The summed E-state index contributed by atoms with van der Waals surface area (Å²) in [6.45, 7) is 2.92. The molecule has 0 radical (unpaired) electrons. The fourth-order valence-electron chi connectivity index (χ4n) is 3.43. The summed E-state index contributed by atoms with van der Waals surface area (Å²) in [5.74, 6) is 0.948. The van der Waals surface area contributed by atoms with Gasteiger partial charge in [0.15, 0.2) is 10.6 Å². The first-order chi connectivity index (χ1) is 10.8. The summed E-state index contributed by atoms with van der Waals surface area (Å²) in [7, 11) is 0. The number of benzene rings is 1. The van der Waals surface area contributed by atoms with Crippen LogP contribution in [0.1, 0.15) is 31.0 Å². The lowest BCUT2D eigenvalue weighted by atomic mass is 9.89. The minimum atomic E-state index is 0.683. The van der Waals surface area contributed by atoms with Gasteiger partial charge in [-0.25, -0.2) is 0 Å². The maximum absolute atomic E-state index is 5.38. The zero-order valence-electron chi connectivity index (χ0n) is 12.6. The molecule has 4 rings (SSSR count). The van der Waals surface area contributed by atoms with Gasteiger partial charge in [0, 0.05) is 23.2 Å². The Morgan fingerprint density at radius 3 is 2.91 bits per heavy atom. The van der Waals surface area contributed by atoms with E-state index in [-0.39, 0.29) is 0 Å². The van der Waals surface area contributed by atoms with Crippen molar-refractivity contribution in [3.05, 3.63) is 40.3 Å². The Bertz CT molecular complexity index is 907. The van der Waals surface area contributed by atoms with Crippen LogP contribution in [0.3, 0.4) is 0 Å². The Balaban J connectivity index is 2.12. The van der Waals surface area contributed by atoms with Crippen molar-refractivity contribution in [2.24, 2.45) is 0 Å². The van der Waals surface area contributed by atoms with Gasteiger partial charge in [-0.2, -0.15) is 5.10 Å². The van der Waals surface area contributed by atoms with Gasteiger partial charge in [-0.3, -0.25) is 10.1 Å². The van der Waals surface area contributed by atoms with Crippen molar-refractivity contribution in [2.45, 2.75) is 39.2 Å². The largest absolute Gasteiger partial charge is 0.300 e. The average molecular weight is 310 g/mol. The van der Waals surface area contributed by atoms with Crippen LogP contribution in [0.4, 0.5) is 0 Å². The molecule has 0 amide bonds. The second-order valence-corrected chi connectivity index (χ2v) is 6.12. The molecule has 2 heterocycles. The topological polar surface area (TPSA) is 46.5 Å². The standard InChI is InChI=1S/C17H18N4S/c1-2-21-16(19-20-17(21)22)15-11-7-3-5-9-13(11)18-14-10-6-4-8-12(14)15/h3,5,7,9H,2,4,6,8,10H2,1H3,(H,20,22). The average Bonchev–Trinajstić information content (AvgIpc) is 2.93. The minimum Gasteiger partial charge on any atom is -0.300 e. The SMILES string of the molecule is CCn1c(-c2c3c(nc4ccccc24)CCCC3)n[nH]c1=S. The second-order valence-electron chi connectivity index (χ2n) is 5.73. The van der Waals surface area contributed by atoms with Crippen LogP contribution in [0.5, 0.6) is 0 Å². The minimum absolute atomic E-state index is 0.683. The smallest absolute Gasteiger partial charge is 0.195 e. The van der Waals surface area contributed by atoms with E-state index in [2.05, 4.69) is 39.9 Å². The first kappa shape index (κ1) is 13.6. The molecule has 0 bridgehead atoms. The Morgan fingerprint density at radius 1 is 1.23 bits per heavy atom. The summed E-state index contributed by atoms with van der Waals surface area (Å²) in [6, 6.07) is 8.35. The van der Waals surface area contributed by atoms with Gasteiger partial charge in [0.05, 0.1) is 5.52 Å². The van der Waals surface area contributed by atoms with E-state index < -0.39 is 0 Å². The highest BCUT2D eigenvalue weighted by molar-refractivity contribution is 7.71. The lowest BCUT2D eigenvalue weighted by molar-refractivity contribution is 0.670. The highest BCUT2D eigenvalue weighted by Gasteiger charge is 2.22. The molecule has 2 aromatic heterocycles. The Hall–Kier alpha value is -2.01. The van der Waals surface area contributed by atoms with Crippen molar-refractivity contribution in [1.82, 2.24) is 19.7 Å². The molecule has 1 aliphatic carbocycles. The molecule has 1 aliphatic rings. The molecule has 0 fully saturated rings. The Labute approximate surface area is 134 Å². The molecular formula is C17H18N4S. The maximum atomic E-state index is 5.38. The summed E-state index contributed by atoms with van der Waals surface area (Å²) in [5, 5.41) is 8.66.